The molecule has 8 heteroatoms. The molecule has 0 unspecified atom stereocenters. The second kappa shape index (κ2) is 27.8. The van der Waals surface area contributed by atoms with Gasteiger partial charge in [-0.1, -0.05) is 94.5 Å². The van der Waals surface area contributed by atoms with Crippen molar-refractivity contribution in [2.24, 2.45) is 0 Å². The Hall–Kier alpha value is -4.20. The molecule has 0 aliphatic heterocycles. The number of unbranched alkanes of at least 4 members (excludes halogenated alkanes) is 2. The number of carbonyl (C=O) groups is 4. The van der Waals surface area contributed by atoms with Crippen molar-refractivity contribution in [3.05, 3.63) is 90.6 Å². The van der Waals surface area contributed by atoms with E-state index in [1.807, 2.05) is 50.3 Å². The van der Waals surface area contributed by atoms with Gasteiger partial charge in [-0.15, -0.1) is 0 Å². The van der Waals surface area contributed by atoms with Gasteiger partial charge in [0.15, 0.2) is 0 Å². The van der Waals surface area contributed by atoms with Crippen molar-refractivity contribution >= 4 is 30.0 Å². The van der Waals surface area contributed by atoms with Crippen LogP contribution >= 0.6 is 0 Å². The van der Waals surface area contributed by atoms with Gasteiger partial charge in [-0.2, -0.15) is 0 Å². The van der Waals surface area contributed by atoms with Crippen LogP contribution in [0.4, 0.5) is 0 Å². The molecule has 222 valence electrons. The van der Waals surface area contributed by atoms with E-state index in [0.29, 0.717) is 24.4 Å². The van der Waals surface area contributed by atoms with Crippen molar-refractivity contribution in [2.75, 3.05) is 20.3 Å². The Balaban J connectivity index is -0.000000473. The first-order valence-corrected chi connectivity index (χ1v) is 12.9. The van der Waals surface area contributed by atoms with Crippen LogP contribution in [0.2, 0.25) is 0 Å². The van der Waals surface area contributed by atoms with Crippen LogP contribution in [0, 0.1) is 0 Å². The molecule has 1 rings (SSSR count). The molecule has 8 nitrogen and oxygen atoms in total. The molecule has 1 aromatic carbocycles. The van der Waals surface area contributed by atoms with Gasteiger partial charge in [-0.05, 0) is 39.2 Å². The largest absolute Gasteiger partial charge is 0.478 e. The molecule has 0 aliphatic carbocycles. The molecule has 0 heterocycles. The molecule has 0 saturated carbocycles. The van der Waals surface area contributed by atoms with Crippen LogP contribution in [0.25, 0.3) is 6.08 Å². The smallest absolute Gasteiger partial charge is 0.333 e. The van der Waals surface area contributed by atoms with Crippen LogP contribution in [0.3, 0.4) is 0 Å². The lowest BCUT2D eigenvalue weighted by Gasteiger charge is -2.01. The molecule has 0 spiro atoms. The van der Waals surface area contributed by atoms with Gasteiger partial charge in [0.25, 0.3) is 0 Å². The Morgan fingerprint density at radius 2 is 1.32 bits per heavy atom. The summed E-state index contributed by atoms with van der Waals surface area (Å²) in [4.78, 5) is 41.5. The SMILES string of the molecule is C=C(C)C(=O)OC.C=C(C)C(=O)OCCCC.C=CC(=O)OCCCC.CC(C=CC(=O)O)=Cc1ccccc1. The van der Waals surface area contributed by atoms with Crippen LogP contribution < -0.4 is 0 Å². The highest BCUT2D eigenvalue weighted by Gasteiger charge is 2.00. The number of hydrogen-bond acceptors (Lipinski definition) is 7. The fraction of sp³-hybridized carbons (Fsp3) is 0.375. The molecule has 0 fully saturated rings. The molecular weight excluding hydrogens is 512 g/mol. The summed E-state index contributed by atoms with van der Waals surface area (Å²) in [5.41, 5.74) is 2.89. The van der Waals surface area contributed by atoms with Gasteiger partial charge in [0, 0.05) is 23.3 Å². The van der Waals surface area contributed by atoms with Gasteiger partial charge in [0.05, 0.1) is 20.3 Å². The first-order chi connectivity index (χ1) is 18.9. The van der Waals surface area contributed by atoms with Crippen molar-refractivity contribution in [2.45, 2.75) is 60.3 Å². The van der Waals surface area contributed by atoms with E-state index < -0.39 is 5.97 Å². The maximum atomic E-state index is 10.7. The van der Waals surface area contributed by atoms with E-state index in [0.717, 1.165) is 42.9 Å². The van der Waals surface area contributed by atoms with Gasteiger partial charge < -0.3 is 19.3 Å². The number of methoxy groups -OCH3 is 1. The number of ether oxygens (including phenoxy) is 3. The summed E-state index contributed by atoms with van der Waals surface area (Å²) in [6.45, 7) is 20.3. The van der Waals surface area contributed by atoms with Gasteiger partial charge in [-0.3, -0.25) is 0 Å². The van der Waals surface area contributed by atoms with Crippen molar-refractivity contribution in [3.63, 3.8) is 0 Å². The predicted octanol–water partition coefficient (Wildman–Crippen LogP) is 6.89. The number of aliphatic carboxylic acids is 1. The summed E-state index contributed by atoms with van der Waals surface area (Å²) in [7, 11) is 1.33. The Morgan fingerprint density at radius 1 is 0.825 bits per heavy atom. The normalized spacial score (nSPS) is 9.70. The summed E-state index contributed by atoms with van der Waals surface area (Å²) in [5.74, 6) is -1.89. The number of benzene rings is 1. The first-order valence-electron chi connectivity index (χ1n) is 12.9. The highest BCUT2D eigenvalue weighted by atomic mass is 16.5. The number of allylic oxidation sites excluding steroid dienone is 2. The Labute approximate surface area is 239 Å². The van der Waals surface area contributed by atoms with Crippen molar-refractivity contribution in [1.29, 1.82) is 0 Å². The minimum absolute atomic E-state index is 0.284. The molecule has 0 bridgehead atoms. The first kappa shape index (κ1) is 40.3. The monoisotopic (exact) mass is 558 g/mol. The molecule has 0 amide bonds. The topological polar surface area (TPSA) is 116 Å². The minimum Gasteiger partial charge on any atom is -0.478 e. The number of carbonyl (C=O) groups excluding carboxylic acids is 3. The van der Waals surface area contributed by atoms with Crippen LogP contribution in [-0.2, 0) is 33.4 Å². The molecule has 0 aromatic heterocycles. The van der Waals surface area contributed by atoms with E-state index in [9.17, 15) is 19.2 Å². The van der Waals surface area contributed by atoms with E-state index in [4.69, 9.17) is 9.84 Å². The molecule has 0 aliphatic rings. The lowest BCUT2D eigenvalue weighted by atomic mass is 10.1. The second-order valence-corrected chi connectivity index (χ2v) is 8.24. The van der Waals surface area contributed by atoms with E-state index in [1.165, 1.54) is 13.2 Å². The van der Waals surface area contributed by atoms with E-state index >= 15 is 0 Å². The molecule has 0 saturated heterocycles. The third-order valence-corrected chi connectivity index (χ3v) is 4.20. The highest BCUT2D eigenvalue weighted by molar-refractivity contribution is 5.87. The van der Waals surface area contributed by atoms with Gasteiger partial charge >= 0.3 is 23.9 Å². The fourth-order valence-corrected chi connectivity index (χ4v) is 2.05. The van der Waals surface area contributed by atoms with Crippen LogP contribution in [0.5, 0.6) is 0 Å². The number of carboxylic acid groups (broad SMARTS) is 1. The highest BCUT2D eigenvalue weighted by Crippen LogP contribution is 2.06. The summed E-state index contributed by atoms with van der Waals surface area (Å²) in [6, 6.07) is 9.77. The Morgan fingerprint density at radius 3 is 1.70 bits per heavy atom. The molecule has 1 N–H and O–H groups in total. The van der Waals surface area contributed by atoms with Crippen LogP contribution in [0.15, 0.2) is 85.0 Å². The summed E-state index contributed by atoms with van der Waals surface area (Å²) < 4.78 is 13.8. The second-order valence-electron chi connectivity index (χ2n) is 8.24. The quantitative estimate of drug-likeness (QED) is 0.0969. The summed E-state index contributed by atoms with van der Waals surface area (Å²) in [5, 5.41) is 8.41. The van der Waals surface area contributed by atoms with Crippen molar-refractivity contribution < 1.29 is 38.5 Å². The Bertz CT molecular complexity index is 972. The zero-order valence-electron chi connectivity index (χ0n) is 24.9. The van der Waals surface area contributed by atoms with E-state index in [-0.39, 0.29) is 17.9 Å². The number of rotatable bonds is 12. The standard InChI is InChI=1S/C12H12O2.C8H14O2.C7H12O2.C5H8O2/c1-10(7-8-12(13)14)9-11-5-3-2-4-6-11;1-4-5-6-10-8(9)7(2)3;1-3-5-6-9-7(8)4-2;1-4(2)5(6)7-3/h2-9H,1H3,(H,13,14);2,4-6H2,1,3H3;4H,2-3,5-6H2,1H3;1H2,2-3H3. The molecule has 0 radical (unpaired) electrons. The molecule has 1 aromatic rings. The fourth-order valence-electron chi connectivity index (χ4n) is 2.05. The maximum Gasteiger partial charge on any atom is 0.333 e. The van der Waals surface area contributed by atoms with Crippen LogP contribution in [0.1, 0.15) is 65.9 Å². The average Bonchev–Trinajstić information content (AvgIpc) is 2.93. The molecular formula is C32H46O8. The molecule has 0 atom stereocenters. The number of carboxylic acids is 1. The van der Waals surface area contributed by atoms with Crippen molar-refractivity contribution in [1.82, 2.24) is 0 Å². The van der Waals surface area contributed by atoms with Crippen LogP contribution in [-0.4, -0.2) is 49.3 Å². The lowest BCUT2D eigenvalue weighted by Crippen LogP contribution is -2.05. The summed E-state index contributed by atoms with van der Waals surface area (Å²) in [6.07, 6.45) is 9.77. The molecule has 40 heavy (non-hydrogen) atoms. The zero-order chi connectivity index (χ0) is 31.3. The Kier molecular flexibility index (Phi) is 28.0. The van der Waals surface area contributed by atoms with Crippen molar-refractivity contribution in [3.8, 4) is 0 Å². The third kappa shape index (κ3) is 30.0. The van der Waals surface area contributed by atoms with E-state index in [2.05, 4.69) is 36.1 Å². The van der Waals surface area contributed by atoms with Gasteiger partial charge in [0.1, 0.15) is 0 Å². The summed E-state index contributed by atoms with van der Waals surface area (Å²) >= 11 is 0. The zero-order valence-corrected chi connectivity index (χ0v) is 24.9. The predicted molar refractivity (Wildman–Crippen MR) is 160 cm³/mol. The van der Waals surface area contributed by atoms with Gasteiger partial charge in [0.2, 0.25) is 0 Å². The maximum absolute atomic E-state index is 10.7. The number of esters is 3. The minimum atomic E-state index is -0.925. The number of hydrogen-bond donors (Lipinski definition) is 1. The average molecular weight is 559 g/mol. The third-order valence-electron chi connectivity index (χ3n) is 4.20. The lowest BCUT2D eigenvalue weighted by molar-refractivity contribution is -0.139. The van der Waals surface area contributed by atoms with Gasteiger partial charge in [-0.25, -0.2) is 19.2 Å². The van der Waals surface area contributed by atoms with E-state index in [1.54, 1.807) is 19.9 Å².